The maximum absolute atomic E-state index is 6.05. The zero-order valence-electron chi connectivity index (χ0n) is 16.6. The SMILES string of the molecule is CN=C(NCCc1cnn(C)c1)N1CCOC(c2ccc(C)cc2C)C1.I. The van der Waals surface area contributed by atoms with Crippen molar-refractivity contribution in [2.24, 2.45) is 12.0 Å². The molecule has 1 aromatic carbocycles. The van der Waals surface area contributed by atoms with Crippen molar-refractivity contribution in [2.75, 3.05) is 33.3 Å². The van der Waals surface area contributed by atoms with E-state index in [2.05, 4.69) is 58.6 Å². The molecule has 0 bridgehead atoms. The van der Waals surface area contributed by atoms with Crippen LogP contribution in [0.15, 0.2) is 35.6 Å². The van der Waals surface area contributed by atoms with E-state index in [0.717, 1.165) is 32.0 Å². The van der Waals surface area contributed by atoms with Crippen molar-refractivity contribution >= 4 is 29.9 Å². The summed E-state index contributed by atoms with van der Waals surface area (Å²) in [5, 5.41) is 7.69. The van der Waals surface area contributed by atoms with E-state index in [4.69, 9.17) is 4.74 Å². The lowest BCUT2D eigenvalue weighted by Gasteiger charge is -2.35. The number of morpholine rings is 1. The molecular weight excluding hydrogens is 453 g/mol. The summed E-state index contributed by atoms with van der Waals surface area (Å²) < 4.78 is 7.88. The lowest BCUT2D eigenvalue weighted by molar-refractivity contribution is -0.00830. The van der Waals surface area contributed by atoms with Gasteiger partial charge in [-0.2, -0.15) is 5.10 Å². The van der Waals surface area contributed by atoms with Crippen LogP contribution in [0.5, 0.6) is 0 Å². The van der Waals surface area contributed by atoms with Crippen LogP contribution in [0.25, 0.3) is 0 Å². The van der Waals surface area contributed by atoms with E-state index in [0.29, 0.717) is 6.61 Å². The predicted octanol–water partition coefficient (Wildman–Crippen LogP) is 2.85. The van der Waals surface area contributed by atoms with Gasteiger partial charge >= 0.3 is 0 Å². The number of guanidine groups is 1. The van der Waals surface area contributed by atoms with E-state index in [-0.39, 0.29) is 30.1 Å². The third kappa shape index (κ3) is 5.68. The molecule has 1 atom stereocenters. The van der Waals surface area contributed by atoms with Crippen molar-refractivity contribution in [3.05, 3.63) is 52.8 Å². The Balaban J connectivity index is 0.00000261. The molecule has 27 heavy (non-hydrogen) atoms. The number of hydrogen-bond acceptors (Lipinski definition) is 3. The van der Waals surface area contributed by atoms with Crippen LogP contribution in [0.3, 0.4) is 0 Å². The van der Waals surface area contributed by atoms with E-state index in [1.165, 1.54) is 22.3 Å². The molecule has 7 heteroatoms. The van der Waals surface area contributed by atoms with E-state index < -0.39 is 0 Å². The summed E-state index contributed by atoms with van der Waals surface area (Å²) >= 11 is 0. The quantitative estimate of drug-likeness (QED) is 0.413. The van der Waals surface area contributed by atoms with Crippen LogP contribution in [0.2, 0.25) is 0 Å². The Bertz CT molecular complexity index is 773. The lowest BCUT2D eigenvalue weighted by atomic mass is 10.00. The lowest BCUT2D eigenvalue weighted by Crippen LogP contribution is -2.48. The number of ether oxygens (including phenoxy) is 1. The van der Waals surface area contributed by atoms with E-state index in [9.17, 15) is 0 Å². The first-order valence-electron chi connectivity index (χ1n) is 9.18. The molecule has 1 fully saturated rings. The number of aliphatic imine (C=N–C) groups is 1. The van der Waals surface area contributed by atoms with Gasteiger partial charge in [0.2, 0.25) is 0 Å². The van der Waals surface area contributed by atoms with Crippen molar-refractivity contribution < 1.29 is 4.74 Å². The Morgan fingerprint density at radius 3 is 2.85 bits per heavy atom. The Morgan fingerprint density at radius 1 is 1.37 bits per heavy atom. The van der Waals surface area contributed by atoms with Crippen LogP contribution < -0.4 is 5.32 Å². The molecule has 0 radical (unpaired) electrons. The number of rotatable bonds is 4. The molecule has 0 aliphatic carbocycles. The highest BCUT2D eigenvalue weighted by Gasteiger charge is 2.25. The predicted molar refractivity (Wildman–Crippen MR) is 120 cm³/mol. The molecule has 6 nitrogen and oxygen atoms in total. The van der Waals surface area contributed by atoms with Gasteiger partial charge in [0.15, 0.2) is 5.96 Å². The second-order valence-electron chi connectivity index (χ2n) is 6.91. The first-order valence-corrected chi connectivity index (χ1v) is 9.18. The van der Waals surface area contributed by atoms with Gasteiger partial charge < -0.3 is 15.0 Å². The third-order valence-corrected chi connectivity index (χ3v) is 4.81. The third-order valence-electron chi connectivity index (χ3n) is 4.81. The molecule has 1 N–H and O–H groups in total. The summed E-state index contributed by atoms with van der Waals surface area (Å²) in [6, 6.07) is 6.57. The van der Waals surface area contributed by atoms with Gasteiger partial charge in [0, 0.05) is 33.4 Å². The zero-order chi connectivity index (χ0) is 18.5. The molecule has 1 aliphatic heterocycles. The van der Waals surface area contributed by atoms with E-state index in [1.54, 1.807) is 0 Å². The van der Waals surface area contributed by atoms with Crippen molar-refractivity contribution in [1.82, 2.24) is 20.0 Å². The van der Waals surface area contributed by atoms with Crippen LogP contribution in [0, 0.1) is 13.8 Å². The molecule has 0 amide bonds. The first-order chi connectivity index (χ1) is 12.6. The Hall–Kier alpha value is -1.61. The Morgan fingerprint density at radius 2 is 2.19 bits per heavy atom. The summed E-state index contributed by atoms with van der Waals surface area (Å²) in [5.74, 6) is 0.937. The highest BCUT2D eigenvalue weighted by Crippen LogP contribution is 2.25. The molecule has 2 heterocycles. The first kappa shape index (κ1) is 21.7. The van der Waals surface area contributed by atoms with Crippen LogP contribution in [0.1, 0.15) is 28.4 Å². The fourth-order valence-corrected chi connectivity index (χ4v) is 3.47. The van der Waals surface area contributed by atoms with Gasteiger partial charge in [0.1, 0.15) is 6.10 Å². The van der Waals surface area contributed by atoms with E-state index >= 15 is 0 Å². The molecule has 3 rings (SSSR count). The Labute approximate surface area is 179 Å². The number of aryl methyl sites for hydroxylation is 3. The minimum atomic E-state index is 0. The van der Waals surface area contributed by atoms with Crippen LogP contribution >= 0.6 is 24.0 Å². The Kier molecular flexibility index (Phi) is 8.09. The number of aromatic nitrogens is 2. The summed E-state index contributed by atoms with van der Waals surface area (Å²) in [6.07, 6.45) is 4.98. The van der Waals surface area contributed by atoms with Gasteiger partial charge in [-0.3, -0.25) is 9.67 Å². The number of benzene rings is 1. The van der Waals surface area contributed by atoms with Gasteiger partial charge in [-0.05, 0) is 37.0 Å². The monoisotopic (exact) mass is 483 g/mol. The highest BCUT2D eigenvalue weighted by atomic mass is 127. The number of nitrogens with zero attached hydrogens (tertiary/aromatic N) is 4. The molecule has 1 unspecified atom stereocenters. The van der Waals surface area contributed by atoms with Crippen LogP contribution in [-0.2, 0) is 18.2 Å². The molecule has 1 aliphatic rings. The summed E-state index contributed by atoms with van der Waals surface area (Å²) in [7, 11) is 3.78. The summed E-state index contributed by atoms with van der Waals surface area (Å²) in [5.41, 5.74) is 5.07. The van der Waals surface area contributed by atoms with Crippen molar-refractivity contribution in [3.8, 4) is 0 Å². The fraction of sp³-hybridized carbons (Fsp3) is 0.500. The molecule has 0 spiro atoms. The summed E-state index contributed by atoms with van der Waals surface area (Å²) in [6.45, 7) is 7.50. The van der Waals surface area contributed by atoms with Gasteiger partial charge in [0.05, 0.1) is 19.3 Å². The normalized spacial score (nSPS) is 17.6. The van der Waals surface area contributed by atoms with Crippen molar-refractivity contribution in [1.29, 1.82) is 0 Å². The molecular formula is C20H30IN5O. The van der Waals surface area contributed by atoms with Crippen molar-refractivity contribution in [2.45, 2.75) is 26.4 Å². The van der Waals surface area contributed by atoms with Gasteiger partial charge in [-0.1, -0.05) is 23.8 Å². The van der Waals surface area contributed by atoms with Gasteiger partial charge in [-0.25, -0.2) is 0 Å². The highest BCUT2D eigenvalue weighted by molar-refractivity contribution is 14.0. The average molecular weight is 483 g/mol. The minimum Gasteiger partial charge on any atom is -0.370 e. The van der Waals surface area contributed by atoms with Gasteiger partial charge in [0.25, 0.3) is 0 Å². The molecule has 2 aromatic rings. The van der Waals surface area contributed by atoms with Crippen LogP contribution in [0.4, 0.5) is 0 Å². The molecule has 1 aromatic heterocycles. The maximum Gasteiger partial charge on any atom is 0.193 e. The fourth-order valence-electron chi connectivity index (χ4n) is 3.47. The maximum atomic E-state index is 6.05. The molecule has 1 saturated heterocycles. The average Bonchev–Trinajstić information content (AvgIpc) is 3.04. The topological polar surface area (TPSA) is 54.7 Å². The molecule has 148 valence electrons. The largest absolute Gasteiger partial charge is 0.370 e. The number of halogens is 1. The summed E-state index contributed by atoms with van der Waals surface area (Å²) in [4.78, 5) is 6.76. The number of hydrogen-bond donors (Lipinski definition) is 1. The van der Waals surface area contributed by atoms with Crippen LogP contribution in [-0.4, -0.2) is 53.9 Å². The smallest absolute Gasteiger partial charge is 0.193 e. The zero-order valence-corrected chi connectivity index (χ0v) is 18.9. The van der Waals surface area contributed by atoms with Crippen molar-refractivity contribution in [3.63, 3.8) is 0 Å². The second kappa shape index (κ2) is 10.1. The minimum absolute atomic E-state index is 0. The van der Waals surface area contributed by atoms with E-state index in [1.807, 2.05) is 25.0 Å². The molecule has 0 saturated carbocycles. The second-order valence-corrected chi connectivity index (χ2v) is 6.91. The van der Waals surface area contributed by atoms with Gasteiger partial charge in [-0.15, -0.1) is 24.0 Å². The number of nitrogens with one attached hydrogen (secondary N) is 1. The standard InChI is InChI=1S/C20H29N5O.HI/c1-15-5-6-18(16(2)11-15)19-14-25(9-10-26-19)20(21-3)22-8-7-17-12-23-24(4)13-17;/h5-6,11-13,19H,7-10,14H2,1-4H3,(H,21,22);1H.